The Hall–Kier alpha value is -1.85. The van der Waals surface area contributed by atoms with Gasteiger partial charge in [0.25, 0.3) is 0 Å². The summed E-state index contributed by atoms with van der Waals surface area (Å²) >= 11 is 0. The second-order valence-corrected chi connectivity index (χ2v) is 7.11. The third-order valence-electron chi connectivity index (χ3n) is 3.44. The molecule has 23 heavy (non-hydrogen) atoms. The molecule has 0 spiro atoms. The maximum absolute atomic E-state index is 12.2. The van der Waals surface area contributed by atoms with Crippen molar-refractivity contribution in [3.05, 3.63) is 54.6 Å². The third kappa shape index (κ3) is 5.69. The van der Waals surface area contributed by atoms with Crippen LogP contribution in [0.4, 0.5) is 0 Å². The number of para-hydroxylation sites is 1. The highest BCUT2D eigenvalue weighted by Gasteiger charge is 2.13. The summed E-state index contributed by atoms with van der Waals surface area (Å²) in [4.78, 5) is 0.258. The van der Waals surface area contributed by atoms with Crippen LogP contribution in [0.3, 0.4) is 0 Å². The van der Waals surface area contributed by atoms with Crippen LogP contribution >= 0.6 is 0 Å². The summed E-state index contributed by atoms with van der Waals surface area (Å²) in [7, 11) is -3.44. The minimum atomic E-state index is -3.44. The number of benzene rings is 2. The molecule has 0 aliphatic heterocycles. The minimum Gasteiger partial charge on any atom is -0.457 e. The number of ether oxygens (including phenoxy) is 1. The summed E-state index contributed by atoms with van der Waals surface area (Å²) in [5.74, 6) is 1.33. The fourth-order valence-corrected chi connectivity index (χ4v) is 3.23. The van der Waals surface area contributed by atoms with Crippen molar-refractivity contribution in [3.63, 3.8) is 0 Å². The lowest BCUT2D eigenvalue weighted by Crippen LogP contribution is -2.24. The molecular formula is C18H23NO3S. The number of sulfonamides is 1. The zero-order valence-electron chi connectivity index (χ0n) is 13.4. The molecule has 0 saturated heterocycles. The summed E-state index contributed by atoms with van der Waals surface area (Å²) in [5.41, 5.74) is 0. The summed E-state index contributed by atoms with van der Waals surface area (Å²) < 4.78 is 32.7. The Kier molecular flexibility index (Phi) is 6.62. The van der Waals surface area contributed by atoms with Crippen molar-refractivity contribution in [2.75, 3.05) is 6.54 Å². The van der Waals surface area contributed by atoms with E-state index in [2.05, 4.69) is 11.6 Å². The Labute approximate surface area is 138 Å². The summed E-state index contributed by atoms with van der Waals surface area (Å²) in [6.45, 7) is 2.61. The van der Waals surface area contributed by atoms with Gasteiger partial charge < -0.3 is 4.74 Å². The molecule has 124 valence electrons. The standard InChI is InChI=1S/C18H23NO3S/c1-2-3-4-8-15-19-23(20,21)18-13-11-17(12-14-18)22-16-9-6-5-7-10-16/h5-7,9-14,19H,2-4,8,15H2,1H3. The SMILES string of the molecule is CCCCCCNS(=O)(=O)c1ccc(Oc2ccccc2)cc1. The predicted octanol–water partition coefficient (Wildman–Crippen LogP) is 4.34. The van der Waals surface area contributed by atoms with E-state index in [0.29, 0.717) is 12.3 Å². The van der Waals surface area contributed by atoms with Crippen LogP contribution in [0.2, 0.25) is 0 Å². The van der Waals surface area contributed by atoms with Crippen LogP contribution in [-0.2, 0) is 10.0 Å². The molecule has 0 heterocycles. The lowest BCUT2D eigenvalue weighted by molar-refractivity contribution is 0.482. The monoisotopic (exact) mass is 333 g/mol. The minimum absolute atomic E-state index is 0.258. The first-order valence-corrected chi connectivity index (χ1v) is 9.43. The molecule has 0 fully saturated rings. The molecule has 4 nitrogen and oxygen atoms in total. The topological polar surface area (TPSA) is 55.4 Å². The van der Waals surface area contributed by atoms with Crippen LogP contribution < -0.4 is 9.46 Å². The Balaban J connectivity index is 1.92. The quantitative estimate of drug-likeness (QED) is 0.695. The molecule has 2 aromatic rings. The molecule has 1 N–H and O–H groups in total. The molecule has 0 saturated carbocycles. The summed E-state index contributed by atoms with van der Waals surface area (Å²) in [6, 6.07) is 15.8. The highest BCUT2D eigenvalue weighted by atomic mass is 32.2. The number of unbranched alkanes of at least 4 members (excludes halogenated alkanes) is 3. The molecular weight excluding hydrogens is 310 g/mol. The smallest absolute Gasteiger partial charge is 0.240 e. The zero-order chi connectivity index (χ0) is 16.5. The first kappa shape index (κ1) is 17.5. The van der Waals surface area contributed by atoms with Gasteiger partial charge in [-0.05, 0) is 42.8 Å². The van der Waals surface area contributed by atoms with Crippen molar-refractivity contribution < 1.29 is 13.2 Å². The van der Waals surface area contributed by atoms with Gasteiger partial charge in [-0.25, -0.2) is 13.1 Å². The van der Waals surface area contributed by atoms with E-state index in [4.69, 9.17) is 4.74 Å². The maximum atomic E-state index is 12.2. The molecule has 0 atom stereocenters. The van der Waals surface area contributed by atoms with Gasteiger partial charge >= 0.3 is 0 Å². The lowest BCUT2D eigenvalue weighted by atomic mass is 10.2. The zero-order valence-corrected chi connectivity index (χ0v) is 14.2. The van der Waals surface area contributed by atoms with E-state index in [9.17, 15) is 8.42 Å². The molecule has 0 amide bonds. The van der Waals surface area contributed by atoms with Gasteiger partial charge in [-0.1, -0.05) is 44.4 Å². The van der Waals surface area contributed by atoms with Crippen molar-refractivity contribution in [1.29, 1.82) is 0 Å². The average molecular weight is 333 g/mol. The van der Waals surface area contributed by atoms with Gasteiger partial charge in [-0.3, -0.25) is 0 Å². The summed E-state index contributed by atoms with van der Waals surface area (Å²) in [6.07, 6.45) is 4.17. The van der Waals surface area contributed by atoms with Crippen LogP contribution in [0, 0.1) is 0 Å². The van der Waals surface area contributed by atoms with Gasteiger partial charge in [0.05, 0.1) is 4.90 Å². The fraction of sp³-hybridized carbons (Fsp3) is 0.333. The molecule has 0 aliphatic rings. The van der Waals surface area contributed by atoms with Gasteiger partial charge in [-0.2, -0.15) is 0 Å². The predicted molar refractivity (Wildman–Crippen MR) is 92.3 cm³/mol. The van der Waals surface area contributed by atoms with Crippen LogP contribution in [0.1, 0.15) is 32.6 Å². The molecule has 0 radical (unpaired) electrons. The maximum Gasteiger partial charge on any atom is 0.240 e. The summed E-state index contributed by atoms with van der Waals surface area (Å²) in [5, 5.41) is 0. The third-order valence-corrected chi connectivity index (χ3v) is 4.91. The van der Waals surface area contributed by atoms with Crippen molar-refractivity contribution in [1.82, 2.24) is 4.72 Å². The Morgan fingerprint density at radius 1 is 0.870 bits per heavy atom. The molecule has 5 heteroatoms. The van der Waals surface area contributed by atoms with Crippen molar-refractivity contribution in [2.24, 2.45) is 0 Å². The second kappa shape index (κ2) is 8.70. The lowest BCUT2D eigenvalue weighted by Gasteiger charge is -2.08. The number of hydrogen-bond acceptors (Lipinski definition) is 3. The van der Waals surface area contributed by atoms with E-state index in [1.165, 1.54) is 0 Å². The van der Waals surface area contributed by atoms with E-state index in [1.807, 2.05) is 30.3 Å². The van der Waals surface area contributed by atoms with Crippen LogP contribution in [0.25, 0.3) is 0 Å². The molecule has 0 aliphatic carbocycles. The van der Waals surface area contributed by atoms with Crippen LogP contribution in [0.15, 0.2) is 59.5 Å². The van der Waals surface area contributed by atoms with Gasteiger partial charge in [0.1, 0.15) is 11.5 Å². The average Bonchev–Trinajstić information content (AvgIpc) is 2.56. The highest BCUT2D eigenvalue weighted by Crippen LogP contribution is 2.22. The van der Waals surface area contributed by atoms with E-state index < -0.39 is 10.0 Å². The highest BCUT2D eigenvalue weighted by molar-refractivity contribution is 7.89. The van der Waals surface area contributed by atoms with E-state index >= 15 is 0 Å². The number of rotatable bonds is 9. The van der Waals surface area contributed by atoms with Gasteiger partial charge in [0, 0.05) is 6.54 Å². The van der Waals surface area contributed by atoms with Crippen LogP contribution in [0.5, 0.6) is 11.5 Å². The van der Waals surface area contributed by atoms with Crippen molar-refractivity contribution >= 4 is 10.0 Å². The Bertz CT molecular complexity index is 682. The van der Waals surface area contributed by atoms with E-state index in [0.717, 1.165) is 31.4 Å². The first-order chi connectivity index (χ1) is 11.1. The van der Waals surface area contributed by atoms with Gasteiger partial charge in [0.2, 0.25) is 10.0 Å². The van der Waals surface area contributed by atoms with Crippen molar-refractivity contribution in [3.8, 4) is 11.5 Å². The van der Waals surface area contributed by atoms with Crippen LogP contribution in [-0.4, -0.2) is 15.0 Å². The molecule has 0 bridgehead atoms. The molecule has 2 aromatic carbocycles. The van der Waals surface area contributed by atoms with E-state index in [-0.39, 0.29) is 4.90 Å². The Morgan fingerprint density at radius 3 is 2.17 bits per heavy atom. The molecule has 0 unspecified atom stereocenters. The largest absolute Gasteiger partial charge is 0.457 e. The number of nitrogens with one attached hydrogen (secondary N) is 1. The fourth-order valence-electron chi connectivity index (χ4n) is 2.15. The molecule has 0 aromatic heterocycles. The van der Waals surface area contributed by atoms with E-state index in [1.54, 1.807) is 24.3 Å². The van der Waals surface area contributed by atoms with Gasteiger partial charge in [-0.15, -0.1) is 0 Å². The van der Waals surface area contributed by atoms with Gasteiger partial charge in [0.15, 0.2) is 0 Å². The first-order valence-electron chi connectivity index (χ1n) is 7.94. The second-order valence-electron chi connectivity index (χ2n) is 5.34. The van der Waals surface area contributed by atoms with Crippen molar-refractivity contribution in [2.45, 2.75) is 37.5 Å². The Morgan fingerprint density at radius 2 is 1.52 bits per heavy atom. The number of hydrogen-bond donors (Lipinski definition) is 1. The molecule has 2 rings (SSSR count). The normalized spacial score (nSPS) is 11.3.